The van der Waals surface area contributed by atoms with Crippen molar-refractivity contribution in [3.8, 4) is 0 Å². The zero-order valence-electron chi connectivity index (χ0n) is 10.7. The zero-order chi connectivity index (χ0) is 12.6. The molecule has 1 spiro atoms. The summed E-state index contributed by atoms with van der Waals surface area (Å²) in [5.41, 5.74) is 0. The highest BCUT2D eigenvalue weighted by Crippen LogP contribution is 2.43. The largest absolute Gasteiger partial charge is 0.344 e. The molecule has 0 N–H and O–H groups in total. The van der Waals surface area contributed by atoms with Gasteiger partial charge in [0, 0.05) is 30.6 Å². The van der Waals surface area contributed by atoms with E-state index in [0.717, 1.165) is 19.3 Å². The molecule has 2 fully saturated rings. The number of nitro groups is 1. The average molecular weight is 243 g/mol. The van der Waals surface area contributed by atoms with E-state index >= 15 is 0 Å². The molecule has 1 aliphatic heterocycles. The van der Waals surface area contributed by atoms with Crippen LogP contribution in [0.25, 0.3) is 0 Å². The van der Waals surface area contributed by atoms with Gasteiger partial charge in [0.15, 0.2) is 5.79 Å². The van der Waals surface area contributed by atoms with Gasteiger partial charge in [-0.15, -0.1) is 0 Å². The van der Waals surface area contributed by atoms with Crippen LogP contribution < -0.4 is 0 Å². The molecule has 4 atom stereocenters. The molecule has 1 heterocycles. The lowest BCUT2D eigenvalue weighted by molar-refractivity contribution is -0.530. The van der Waals surface area contributed by atoms with Crippen molar-refractivity contribution in [2.45, 2.75) is 70.5 Å². The first-order valence-electron chi connectivity index (χ1n) is 6.43. The highest BCUT2D eigenvalue weighted by atomic mass is 16.8. The molecule has 0 aromatic carbocycles. The number of ether oxygens (including phenoxy) is 2. The van der Waals surface area contributed by atoms with Crippen LogP contribution in [0.1, 0.15) is 46.5 Å². The van der Waals surface area contributed by atoms with Crippen LogP contribution >= 0.6 is 0 Å². The Morgan fingerprint density at radius 2 is 1.94 bits per heavy atom. The number of nitrogens with zero attached hydrogens (tertiary/aromatic N) is 1. The lowest BCUT2D eigenvalue weighted by Gasteiger charge is -2.36. The molecule has 1 aliphatic carbocycles. The topological polar surface area (TPSA) is 61.6 Å². The minimum absolute atomic E-state index is 0.0660. The van der Waals surface area contributed by atoms with Gasteiger partial charge in [-0.05, 0) is 26.7 Å². The fraction of sp³-hybridized carbons (Fsp3) is 1.00. The van der Waals surface area contributed by atoms with E-state index in [9.17, 15) is 10.1 Å². The van der Waals surface area contributed by atoms with Gasteiger partial charge in [0.1, 0.15) is 0 Å². The molecule has 2 rings (SSSR count). The first-order valence-corrected chi connectivity index (χ1v) is 6.43. The number of hydrogen-bond acceptors (Lipinski definition) is 4. The van der Waals surface area contributed by atoms with E-state index in [-0.39, 0.29) is 23.0 Å². The summed E-state index contributed by atoms with van der Waals surface area (Å²) in [6.07, 6.45) is 3.54. The smallest absolute Gasteiger partial charge is 0.213 e. The highest BCUT2D eigenvalue weighted by molar-refractivity contribution is 4.89. The standard InChI is InChI=1S/C12H21NO4/c1-8(13(14)15)11-5-4-6-12(7-11)16-9(2)10(3)17-12/h8-11H,4-7H2,1-3H3. The molecular formula is C12H21NO4. The molecular weight excluding hydrogens is 222 g/mol. The maximum Gasteiger partial charge on any atom is 0.213 e. The van der Waals surface area contributed by atoms with Gasteiger partial charge in [0.05, 0.1) is 12.2 Å². The molecule has 1 saturated heterocycles. The van der Waals surface area contributed by atoms with Gasteiger partial charge in [0.25, 0.3) is 0 Å². The molecule has 4 unspecified atom stereocenters. The van der Waals surface area contributed by atoms with Crippen molar-refractivity contribution in [3.63, 3.8) is 0 Å². The van der Waals surface area contributed by atoms with E-state index in [1.54, 1.807) is 6.92 Å². The predicted octanol–water partition coefficient (Wildman–Crippen LogP) is 2.36. The highest BCUT2D eigenvalue weighted by Gasteiger charge is 2.49. The normalized spacial score (nSPS) is 43.8. The molecule has 0 radical (unpaired) electrons. The molecule has 5 nitrogen and oxygen atoms in total. The lowest BCUT2D eigenvalue weighted by atomic mass is 9.81. The third-order valence-corrected chi connectivity index (χ3v) is 4.18. The molecule has 0 bridgehead atoms. The van der Waals surface area contributed by atoms with Crippen molar-refractivity contribution in [1.29, 1.82) is 0 Å². The van der Waals surface area contributed by atoms with Gasteiger partial charge in [-0.1, -0.05) is 0 Å². The van der Waals surface area contributed by atoms with Crippen LogP contribution in [0, 0.1) is 16.0 Å². The minimum Gasteiger partial charge on any atom is -0.344 e. The van der Waals surface area contributed by atoms with Crippen LogP contribution in [0.4, 0.5) is 0 Å². The molecule has 5 heteroatoms. The van der Waals surface area contributed by atoms with Gasteiger partial charge in [-0.2, -0.15) is 0 Å². The second-order valence-electron chi connectivity index (χ2n) is 5.44. The Bertz CT molecular complexity index is 297. The molecule has 17 heavy (non-hydrogen) atoms. The minimum atomic E-state index is -0.550. The average Bonchev–Trinajstić information content (AvgIpc) is 2.52. The van der Waals surface area contributed by atoms with Crippen LogP contribution in [0.15, 0.2) is 0 Å². The Hall–Kier alpha value is -0.680. The van der Waals surface area contributed by atoms with Crippen LogP contribution in [0.3, 0.4) is 0 Å². The van der Waals surface area contributed by atoms with E-state index in [1.165, 1.54) is 0 Å². The summed E-state index contributed by atoms with van der Waals surface area (Å²) in [5, 5.41) is 10.9. The molecule has 0 amide bonds. The maximum absolute atomic E-state index is 10.9. The van der Waals surface area contributed by atoms with Crippen molar-refractivity contribution in [2.24, 2.45) is 5.92 Å². The Morgan fingerprint density at radius 1 is 1.35 bits per heavy atom. The van der Waals surface area contributed by atoms with Crippen LogP contribution in [0.5, 0.6) is 0 Å². The summed E-state index contributed by atoms with van der Waals surface area (Å²) in [5.74, 6) is -0.484. The summed E-state index contributed by atoms with van der Waals surface area (Å²) in [6.45, 7) is 5.69. The fourth-order valence-electron chi connectivity index (χ4n) is 2.93. The molecule has 98 valence electrons. The van der Waals surface area contributed by atoms with Gasteiger partial charge >= 0.3 is 0 Å². The van der Waals surface area contributed by atoms with Gasteiger partial charge in [-0.25, -0.2) is 0 Å². The second kappa shape index (κ2) is 4.53. The van der Waals surface area contributed by atoms with Gasteiger partial charge in [0.2, 0.25) is 6.04 Å². The summed E-state index contributed by atoms with van der Waals surface area (Å²) >= 11 is 0. The predicted molar refractivity (Wildman–Crippen MR) is 62.2 cm³/mol. The van der Waals surface area contributed by atoms with Crippen LogP contribution in [0.2, 0.25) is 0 Å². The molecule has 1 saturated carbocycles. The number of rotatable bonds is 2. The van der Waals surface area contributed by atoms with Crippen molar-refractivity contribution in [3.05, 3.63) is 10.1 Å². The Balaban J connectivity index is 2.05. The quantitative estimate of drug-likeness (QED) is 0.551. The van der Waals surface area contributed by atoms with Gasteiger partial charge < -0.3 is 9.47 Å². The molecule has 0 aromatic rings. The zero-order valence-corrected chi connectivity index (χ0v) is 10.7. The third-order valence-electron chi connectivity index (χ3n) is 4.18. The van der Waals surface area contributed by atoms with E-state index in [1.807, 2.05) is 13.8 Å². The molecule has 0 aromatic heterocycles. The lowest BCUT2D eigenvalue weighted by Crippen LogP contribution is -2.41. The van der Waals surface area contributed by atoms with Gasteiger partial charge in [-0.3, -0.25) is 10.1 Å². The van der Waals surface area contributed by atoms with E-state index in [2.05, 4.69) is 0 Å². The summed E-state index contributed by atoms with van der Waals surface area (Å²) < 4.78 is 11.8. The first kappa shape index (κ1) is 12.8. The third kappa shape index (κ3) is 2.45. The summed E-state index contributed by atoms with van der Waals surface area (Å²) in [6, 6.07) is -0.509. The van der Waals surface area contributed by atoms with Crippen LogP contribution in [-0.2, 0) is 9.47 Å². The van der Waals surface area contributed by atoms with Crippen molar-refractivity contribution in [1.82, 2.24) is 0 Å². The second-order valence-corrected chi connectivity index (χ2v) is 5.44. The fourth-order valence-corrected chi connectivity index (χ4v) is 2.93. The first-order chi connectivity index (χ1) is 7.93. The Morgan fingerprint density at radius 3 is 2.47 bits per heavy atom. The number of hydrogen-bond donors (Lipinski definition) is 0. The van der Waals surface area contributed by atoms with E-state index < -0.39 is 11.8 Å². The van der Waals surface area contributed by atoms with E-state index in [4.69, 9.17) is 9.47 Å². The maximum atomic E-state index is 10.9. The monoisotopic (exact) mass is 243 g/mol. The summed E-state index contributed by atoms with van der Waals surface area (Å²) in [4.78, 5) is 10.7. The van der Waals surface area contributed by atoms with E-state index in [0.29, 0.717) is 6.42 Å². The van der Waals surface area contributed by atoms with Crippen molar-refractivity contribution in [2.75, 3.05) is 0 Å². The Labute approximate surface area is 102 Å². The Kier molecular flexibility index (Phi) is 3.41. The van der Waals surface area contributed by atoms with Crippen molar-refractivity contribution < 1.29 is 14.4 Å². The van der Waals surface area contributed by atoms with Crippen LogP contribution in [-0.4, -0.2) is 29.0 Å². The molecule has 2 aliphatic rings. The summed E-state index contributed by atoms with van der Waals surface area (Å²) in [7, 11) is 0. The SMILES string of the molecule is CC1OC2(CCCC(C(C)[N+](=O)[O-])C2)OC1C. The van der Waals surface area contributed by atoms with Crippen molar-refractivity contribution >= 4 is 0 Å².